The van der Waals surface area contributed by atoms with Crippen LogP contribution in [-0.4, -0.2) is 11.7 Å². The first-order chi connectivity index (χ1) is 9.86. The van der Waals surface area contributed by atoms with Gasteiger partial charge in [-0.25, -0.2) is 4.39 Å². The summed E-state index contributed by atoms with van der Waals surface area (Å²) >= 11 is 11.8. The Labute approximate surface area is 133 Å². The van der Waals surface area contributed by atoms with E-state index in [-0.39, 0.29) is 15.6 Å². The number of halogens is 3. The van der Waals surface area contributed by atoms with Gasteiger partial charge in [0.05, 0.1) is 11.6 Å². The SMILES string of the molecule is CCOc1cccc(C(C)(O)c2cc(F)c(Cl)cc2Cl)c1. The minimum atomic E-state index is -1.46. The van der Waals surface area contributed by atoms with Crippen molar-refractivity contribution >= 4 is 23.2 Å². The summed E-state index contributed by atoms with van der Waals surface area (Å²) in [4.78, 5) is 0. The van der Waals surface area contributed by atoms with Crippen molar-refractivity contribution in [2.75, 3.05) is 6.61 Å². The fraction of sp³-hybridized carbons (Fsp3) is 0.250. The molecule has 0 aliphatic rings. The highest BCUT2D eigenvalue weighted by molar-refractivity contribution is 6.35. The maximum absolute atomic E-state index is 13.7. The summed E-state index contributed by atoms with van der Waals surface area (Å²) in [6, 6.07) is 9.41. The number of ether oxygens (including phenoxy) is 1. The summed E-state index contributed by atoms with van der Waals surface area (Å²) in [5.41, 5.74) is -0.660. The lowest BCUT2D eigenvalue weighted by Crippen LogP contribution is -2.23. The van der Waals surface area contributed by atoms with E-state index in [0.29, 0.717) is 17.9 Å². The molecular formula is C16H15Cl2FO2. The lowest BCUT2D eigenvalue weighted by atomic mass is 9.88. The monoisotopic (exact) mass is 328 g/mol. The molecule has 1 atom stereocenters. The number of rotatable bonds is 4. The highest BCUT2D eigenvalue weighted by Crippen LogP contribution is 2.37. The number of aliphatic hydroxyl groups is 1. The quantitative estimate of drug-likeness (QED) is 0.818. The largest absolute Gasteiger partial charge is 0.494 e. The van der Waals surface area contributed by atoms with E-state index in [0.717, 1.165) is 6.07 Å². The van der Waals surface area contributed by atoms with E-state index in [9.17, 15) is 9.50 Å². The first kappa shape index (κ1) is 16.1. The van der Waals surface area contributed by atoms with Crippen LogP contribution in [-0.2, 0) is 5.60 Å². The van der Waals surface area contributed by atoms with Crippen LogP contribution in [0.3, 0.4) is 0 Å². The average molecular weight is 329 g/mol. The first-order valence-electron chi connectivity index (χ1n) is 6.47. The Kier molecular flexibility index (Phi) is 4.77. The maximum Gasteiger partial charge on any atom is 0.142 e. The van der Waals surface area contributed by atoms with Crippen molar-refractivity contribution in [1.82, 2.24) is 0 Å². The molecule has 2 rings (SSSR count). The molecule has 112 valence electrons. The van der Waals surface area contributed by atoms with Crippen LogP contribution in [0.4, 0.5) is 4.39 Å². The van der Waals surface area contributed by atoms with E-state index < -0.39 is 11.4 Å². The maximum atomic E-state index is 13.7. The molecule has 0 aromatic heterocycles. The lowest BCUT2D eigenvalue weighted by Gasteiger charge is -2.26. The number of hydrogen-bond acceptors (Lipinski definition) is 2. The third kappa shape index (κ3) is 3.31. The Morgan fingerprint density at radius 1 is 1.19 bits per heavy atom. The van der Waals surface area contributed by atoms with E-state index in [4.69, 9.17) is 27.9 Å². The molecule has 0 fully saturated rings. The van der Waals surface area contributed by atoms with E-state index in [1.807, 2.05) is 6.92 Å². The van der Waals surface area contributed by atoms with Gasteiger partial charge in [-0.3, -0.25) is 0 Å². The van der Waals surface area contributed by atoms with E-state index in [1.54, 1.807) is 31.2 Å². The molecule has 1 N–H and O–H groups in total. The second-order valence-electron chi connectivity index (χ2n) is 4.78. The lowest BCUT2D eigenvalue weighted by molar-refractivity contribution is 0.102. The Morgan fingerprint density at radius 3 is 2.57 bits per heavy atom. The predicted molar refractivity (Wildman–Crippen MR) is 82.7 cm³/mol. The molecule has 21 heavy (non-hydrogen) atoms. The van der Waals surface area contributed by atoms with Crippen molar-refractivity contribution in [2.45, 2.75) is 19.4 Å². The third-order valence-electron chi connectivity index (χ3n) is 3.24. The van der Waals surface area contributed by atoms with Crippen LogP contribution >= 0.6 is 23.2 Å². The summed E-state index contributed by atoms with van der Waals surface area (Å²) in [6.45, 7) is 3.94. The van der Waals surface area contributed by atoms with Crippen LogP contribution in [0, 0.1) is 5.82 Å². The van der Waals surface area contributed by atoms with Crippen LogP contribution in [0.1, 0.15) is 25.0 Å². The first-order valence-corrected chi connectivity index (χ1v) is 7.22. The highest BCUT2D eigenvalue weighted by atomic mass is 35.5. The Bertz CT molecular complexity index is 657. The second kappa shape index (κ2) is 6.22. The van der Waals surface area contributed by atoms with Gasteiger partial charge < -0.3 is 9.84 Å². The minimum Gasteiger partial charge on any atom is -0.494 e. The summed E-state index contributed by atoms with van der Waals surface area (Å²) < 4.78 is 19.1. The van der Waals surface area contributed by atoms with Gasteiger partial charge in [-0.1, -0.05) is 35.3 Å². The molecule has 1 unspecified atom stereocenters. The van der Waals surface area contributed by atoms with Crippen molar-refractivity contribution in [1.29, 1.82) is 0 Å². The standard InChI is InChI=1S/C16H15Cl2FO2/c1-3-21-11-6-4-5-10(7-11)16(2,20)12-8-15(19)14(18)9-13(12)17/h4-9,20H,3H2,1-2H3. The molecule has 2 aromatic carbocycles. The van der Waals surface area contributed by atoms with Crippen LogP contribution in [0.25, 0.3) is 0 Å². The van der Waals surface area contributed by atoms with Crippen LogP contribution < -0.4 is 4.74 Å². The van der Waals surface area contributed by atoms with Crippen LogP contribution in [0.2, 0.25) is 10.0 Å². The zero-order valence-corrected chi connectivity index (χ0v) is 13.2. The van der Waals surface area contributed by atoms with Gasteiger partial charge in [0, 0.05) is 10.6 Å². The Balaban J connectivity index is 2.51. The Morgan fingerprint density at radius 2 is 1.90 bits per heavy atom. The van der Waals surface area contributed by atoms with Gasteiger partial charge in [0.2, 0.25) is 0 Å². The van der Waals surface area contributed by atoms with Crippen molar-refractivity contribution in [3.8, 4) is 5.75 Å². The third-order valence-corrected chi connectivity index (χ3v) is 3.84. The number of benzene rings is 2. The summed E-state index contributed by atoms with van der Waals surface area (Å²) in [5, 5.41) is 10.9. The molecule has 0 spiro atoms. The molecule has 5 heteroatoms. The van der Waals surface area contributed by atoms with Crippen molar-refractivity contribution < 1.29 is 14.2 Å². The fourth-order valence-corrected chi connectivity index (χ4v) is 2.67. The number of hydrogen-bond donors (Lipinski definition) is 1. The smallest absolute Gasteiger partial charge is 0.142 e. The topological polar surface area (TPSA) is 29.5 Å². The summed E-state index contributed by atoms with van der Waals surface area (Å²) in [6.07, 6.45) is 0. The van der Waals surface area contributed by atoms with Gasteiger partial charge in [0.25, 0.3) is 0 Å². The zero-order valence-electron chi connectivity index (χ0n) is 11.7. The van der Waals surface area contributed by atoms with Crippen molar-refractivity contribution in [3.63, 3.8) is 0 Å². The average Bonchev–Trinajstić information content (AvgIpc) is 2.43. The summed E-state index contributed by atoms with van der Waals surface area (Å²) in [5.74, 6) is -0.00172. The molecule has 0 aliphatic heterocycles. The molecule has 0 saturated carbocycles. The van der Waals surface area contributed by atoms with Gasteiger partial charge in [-0.15, -0.1) is 0 Å². The van der Waals surface area contributed by atoms with Gasteiger partial charge in [0.15, 0.2) is 0 Å². The fourth-order valence-electron chi connectivity index (χ4n) is 2.11. The summed E-state index contributed by atoms with van der Waals surface area (Å²) in [7, 11) is 0. The van der Waals surface area contributed by atoms with Crippen LogP contribution in [0.5, 0.6) is 5.75 Å². The minimum absolute atomic E-state index is 0.0809. The van der Waals surface area contributed by atoms with E-state index in [1.165, 1.54) is 6.07 Å². The highest BCUT2D eigenvalue weighted by Gasteiger charge is 2.29. The Hall–Kier alpha value is -1.29. The molecule has 0 saturated heterocycles. The predicted octanol–water partition coefficient (Wildman–Crippen LogP) is 4.79. The van der Waals surface area contributed by atoms with E-state index in [2.05, 4.69) is 0 Å². The zero-order chi connectivity index (χ0) is 15.6. The normalized spacial score (nSPS) is 13.8. The molecule has 0 bridgehead atoms. The van der Waals surface area contributed by atoms with E-state index >= 15 is 0 Å². The molecule has 2 nitrogen and oxygen atoms in total. The molecule has 2 aromatic rings. The second-order valence-corrected chi connectivity index (χ2v) is 5.59. The molecular weight excluding hydrogens is 314 g/mol. The van der Waals surface area contributed by atoms with Crippen molar-refractivity contribution in [3.05, 3.63) is 63.4 Å². The molecule has 0 aliphatic carbocycles. The van der Waals surface area contributed by atoms with Gasteiger partial charge >= 0.3 is 0 Å². The molecule has 0 radical (unpaired) electrons. The van der Waals surface area contributed by atoms with Crippen LogP contribution in [0.15, 0.2) is 36.4 Å². The van der Waals surface area contributed by atoms with Gasteiger partial charge in [-0.05, 0) is 43.7 Å². The molecule has 0 heterocycles. The van der Waals surface area contributed by atoms with Gasteiger partial charge in [-0.2, -0.15) is 0 Å². The molecule has 0 amide bonds. The van der Waals surface area contributed by atoms with Gasteiger partial charge in [0.1, 0.15) is 17.2 Å². The van der Waals surface area contributed by atoms with Crippen molar-refractivity contribution in [2.24, 2.45) is 0 Å².